The smallest absolute Gasteiger partial charge is 0.253 e. The van der Waals surface area contributed by atoms with E-state index in [4.69, 9.17) is 47.0 Å². The molecule has 1 unspecified atom stereocenters. The molecular formula is C17H15BrCl3N3OS. The Labute approximate surface area is 180 Å². The van der Waals surface area contributed by atoms with Crippen LogP contribution in [0.2, 0.25) is 0 Å². The topological polar surface area (TPSA) is 53.2 Å². The van der Waals surface area contributed by atoms with E-state index in [0.29, 0.717) is 5.56 Å². The van der Waals surface area contributed by atoms with Crippen LogP contribution in [0, 0.1) is 6.92 Å². The first-order chi connectivity index (χ1) is 12.2. The van der Waals surface area contributed by atoms with Gasteiger partial charge in [0.25, 0.3) is 5.91 Å². The van der Waals surface area contributed by atoms with E-state index in [1.807, 2.05) is 43.3 Å². The molecule has 0 radical (unpaired) electrons. The molecule has 2 rings (SSSR count). The van der Waals surface area contributed by atoms with E-state index in [2.05, 4.69) is 31.9 Å². The first-order valence-electron chi connectivity index (χ1n) is 7.43. The summed E-state index contributed by atoms with van der Waals surface area (Å²) in [5.41, 5.74) is 2.04. The number of rotatable bonds is 4. The van der Waals surface area contributed by atoms with E-state index in [9.17, 15) is 4.79 Å². The van der Waals surface area contributed by atoms with Crippen LogP contribution in [0.3, 0.4) is 0 Å². The van der Waals surface area contributed by atoms with Gasteiger partial charge in [0.1, 0.15) is 6.17 Å². The predicted octanol–water partition coefficient (Wildman–Crippen LogP) is 5.17. The molecule has 3 N–H and O–H groups in total. The van der Waals surface area contributed by atoms with Gasteiger partial charge in [-0.15, -0.1) is 0 Å². The summed E-state index contributed by atoms with van der Waals surface area (Å²) in [6, 6.07) is 14.5. The third-order valence-corrected chi connectivity index (χ3v) is 4.77. The van der Waals surface area contributed by atoms with Crippen LogP contribution in [0.1, 0.15) is 15.9 Å². The fourth-order valence-corrected chi connectivity index (χ4v) is 2.90. The second-order valence-electron chi connectivity index (χ2n) is 5.37. The second kappa shape index (κ2) is 9.24. The summed E-state index contributed by atoms with van der Waals surface area (Å²) in [6.45, 7) is 1.83. The van der Waals surface area contributed by atoms with Gasteiger partial charge in [-0.1, -0.05) is 68.9 Å². The average Bonchev–Trinajstić information content (AvgIpc) is 2.56. The molecule has 138 valence electrons. The van der Waals surface area contributed by atoms with Gasteiger partial charge in [0.05, 0.1) is 0 Å². The Morgan fingerprint density at radius 2 is 1.69 bits per heavy atom. The molecule has 0 spiro atoms. The molecule has 9 heteroatoms. The highest BCUT2D eigenvalue weighted by atomic mass is 79.9. The summed E-state index contributed by atoms with van der Waals surface area (Å²) in [7, 11) is 0. The number of carbonyl (C=O) groups excluding carboxylic acids is 1. The molecule has 1 amide bonds. The minimum absolute atomic E-state index is 0.203. The quantitative estimate of drug-likeness (QED) is 0.311. The van der Waals surface area contributed by atoms with Gasteiger partial charge in [0.2, 0.25) is 3.79 Å². The summed E-state index contributed by atoms with van der Waals surface area (Å²) >= 11 is 26.6. The molecule has 0 saturated heterocycles. The number of amides is 1. The maximum atomic E-state index is 12.5. The van der Waals surface area contributed by atoms with Crippen molar-refractivity contribution < 1.29 is 4.79 Å². The van der Waals surface area contributed by atoms with Gasteiger partial charge < -0.3 is 16.0 Å². The minimum Gasteiger partial charge on any atom is -0.339 e. The summed E-state index contributed by atoms with van der Waals surface area (Å²) in [5.74, 6) is -0.377. The summed E-state index contributed by atoms with van der Waals surface area (Å²) in [5, 5.41) is 8.65. The van der Waals surface area contributed by atoms with Crippen LogP contribution < -0.4 is 16.0 Å². The standard InChI is InChI=1S/C17H15BrCl3N3OS/c1-10-4-2-3-5-13(10)14(25)23-15(17(19,20)21)24-16(26)22-12-8-6-11(18)7-9-12/h2-9,15H,1H3,(H,23,25)(H2,22,24,26). The molecule has 0 aliphatic rings. The first kappa shape index (κ1) is 21.3. The van der Waals surface area contributed by atoms with Crippen LogP contribution in [-0.4, -0.2) is 21.0 Å². The largest absolute Gasteiger partial charge is 0.339 e. The van der Waals surface area contributed by atoms with Crippen LogP contribution in [0.5, 0.6) is 0 Å². The zero-order valence-corrected chi connectivity index (χ0v) is 18.2. The van der Waals surface area contributed by atoms with Crippen LogP contribution in [0.25, 0.3) is 0 Å². The van der Waals surface area contributed by atoms with Gasteiger partial charge in [-0.2, -0.15) is 0 Å². The van der Waals surface area contributed by atoms with Gasteiger partial charge in [-0.25, -0.2) is 0 Å². The molecule has 2 aromatic rings. The summed E-state index contributed by atoms with van der Waals surface area (Å²) in [4.78, 5) is 12.5. The molecule has 0 heterocycles. The number of benzene rings is 2. The number of hydrogen-bond acceptors (Lipinski definition) is 2. The Morgan fingerprint density at radius 3 is 2.27 bits per heavy atom. The zero-order valence-electron chi connectivity index (χ0n) is 13.5. The molecule has 0 bridgehead atoms. The lowest BCUT2D eigenvalue weighted by molar-refractivity contribution is 0.0934. The van der Waals surface area contributed by atoms with Crippen molar-refractivity contribution in [3.05, 3.63) is 64.1 Å². The van der Waals surface area contributed by atoms with Gasteiger partial charge in [-0.05, 0) is 55.0 Å². The highest BCUT2D eigenvalue weighted by Crippen LogP contribution is 2.29. The normalized spacial score (nSPS) is 12.2. The maximum absolute atomic E-state index is 12.5. The Kier molecular flexibility index (Phi) is 7.55. The number of halogens is 4. The van der Waals surface area contributed by atoms with Crippen molar-refractivity contribution in [1.29, 1.82) is 0 Å². The molecule has 0 fully saturated rings. The molecule has 0 aliphatic carbocycles. The highest BCUT2D eigenvalue weighted by Gasteiger charge is 2.35. The molecule has 0 aliphatic heterocycles. The zero-order chi connectivity index (χ0) is 19.3. The van der Waals surface area contributed by atoms with Crippen molar-refractivity contribution in [3.8, 4) is 0 Å². The molecular weight excluding hydrogens is 481 g/mol. The van der Waals surface area contributed by atoms with E-state index in [1.54, 1.807) is 12.1 Å². The summed E-state index contributed by atoms with van der Waals surface area (Å²) < 4.78 is -0.879. The maximum Gasteiger partial charge on any atom is 0.253 e. The van der Waals surface area contributed by atoms with E-state index in [1.165, 1.54) is 0 Å². The number of hydrogen-bond donors (Lipinski definition) is 3. The summed E-state index contributed by atoms with van der Waals surface area (Å²) in [6.07, 6.45) is -1.03. The van der Waals surface area contributed by atoms with Crippen molar-refractivity contribution in [2.75, 3.05) is 5.32 Å². The number of carbonyl (C=O) groups is 1. The minimum atomic E-state index is -1.82. The number of aryl methyl sites for hydroxylation is 1. The SMILES string of the molecule is Cc1ccccc1C(=O)NC(NC(=S)Nc1ccc(Br)cc1)C(Cl)(Cl)Cl. The molecule has 0 saturated carbocycles. The number of thiocarbonyl (C=S) groups is 1. The molecule has 1 atom stereocenters. The predicted molar refractivity (Wildman–Crippen MR) is 116 cm³/mol. The lowest BCUT2D eigenvalue weighted by Gasteiger charge is -2.28. The number of alkyl halides is 3. The van der Waals surface area contributed by atoms with E-state index in [-0.39, 0.29) is 11.0 Å². The monoisotopic (exact) mass is 493 g/mol. The van der Waals surface area contributed by atoms with Gasteiger partial charge >= 0.3 is 0 Å². The first-order valence-corrected chi connectivity index (χ1v) is 9.76. The van der Waals surface area contributed by atoms with Gasteiger partial charge in [0, 0.05) is 15.7 Å². The second-order valence-corrected chi connectivity index (χ2v) is 9.06. The van der Waals surface area contributed by atoms with Crippen LogP contribution >= 0.6 is 63.0 Å². The van der Waals surface area contributed by atoms with Crippen molar-refractivity contribution in [3.63, 3.8) is 0 Å². The Morgan fingerprint density at radius 1 is 1.08 bits per heavy atom. The molecule has 26 heavy (non-hydrogen) atoms. The van der Waals surface area contributed by atoms with Crippen molar-refractivity contribution in [1.82, 2.24) is 10.6 Å². The number of nitrogens with one attached hydrogen (secondary N) is 3. The van der Waals surface area contributed by atoms with E-state index >= 15 is 0 Å². The Hall–Kier alpha value is -1.05. The van der Waals surface area contributed by atoms with Crippen LogP contribution in [0.15, 0.2) is 53.0 Å². The Bertz CT molecular complexity index is 797. The van der Waals surface area contributed by atoms with Crippen LogP contribution in [-0.2, 0) is 0 Å². The lowest BCUT2D eigenvalue weighted by atomic mass is 10.1. The van der Waals surface area contributed by atoms with Crippen molar-refractivity contribution >= 4 is 79.7 Å². The lowest BCUT2D eigenvalue weighted by Crippen LogP contribution is -2.56. The average molecular weight is 496 g/mol. The third kappa shape index (κ3) is 6.28. The molecule has 4 nitrogen and oxygen atoms in total. The van der Waals surface area contributed by atoms with Crippen molar-refractivity contribution in [2.24, 2.45) is 0 Å². The van der Waals surface area contributed by atoms with Crippen LogP contribution in [0.4, 0.5) is 5.69 Å². The van der Waals surface area contributed by atoms with Gasteiger partial charge in [-0.3, -0.25) is 4.79 Å². The highest BCUT2D eigenvalue weighted by molar-refractivity contribution is 9.10. The Balaban J connectivity index is 2.07. The molecule has 0 aromatic heterocycles. The van der Waals surface area contributed by atoms with E-state index in [0.717, 1.165) is 15.7 Å². The third-order valence-electron chi connectivity index (χ3n) is 3.37. The number of anilines is 1. The van der Waals surface area contributed by atoms with E-state index < -0.39 is 9.96 Å². The fraction of sp³-hybridized carbons (Fsp3) is 0.176. The fourth-order valence-electron chi connectivity index (χ4n) is 2.07. The van der Waals surface area contributed by atoms with Crippen molar-refractivity contribution in [2.45, 2.75) is 16.9 Å². The van der Waals surface area contributed by atoms with Gasteiger partial charge in [0.15, 0.2) is 5.11 Å². The molecule has 2 aromatic carbocycles.